The quantitative estimate of drug-likeness (QED) is 0.131. The maximum absolute atomic E-state index is 6.63. The summed E-state index contributed by atoms with van der Waals surface area (Å²) in [6.07, 6.45) is 7.74. The Kier molecular flexibility index (Phi) is 7.87. The molecule has 8 aromatic rings. The summed E-state index contributed by atoms with van der Waals surface area (Å²) in [5, 5.41) is 2.34. The highest BCUT2D eigenvalue weighted by molar-refractivity contribution is 6.09. The van der Waals surface area contributed by atoms with E-state index in [9.17, 15) is 0 Å². The Hall–Kier alpha value is -5.94. The van der Waals surface area contributed by atoms with Gasteiger partial charge in [0, 0.05) is 29.2 Å². The van der Waals surface area contributed by atoms with Gasteiger partial charge >= 0.3 is 0 Å². The van der Waals surface area contributed by atoms with E-state index in [1.807, 2.05) is 24.4 Å². The first-order valence-electron chi connectivity index (χ1n) is 17.5. The molecule has 3 aromatic heterocycles. The first kappa shape index (κ1) is 32.3. The van der Waals surface area contributed by atoms with E-state index in [1.165, 1.54) is 22.1 Å². The Labute approximate surface area is 300 Å². The van der Waals surface area contributed by atoms with E-state index in [1.54, 1.807) is 0 Å². The lowest BCUT2D eigenvalue weighted by atomic mass is 9.88. The molecule has 0 aliphatic heterocycles. The molecule has 5 heteroatoms. The molecule has 51 heavy (non-hydrogen) atoms. The maximum Gasteiger partial charge on any atom is 0.269 e. The molecular formula is C46H42N4O. The van der Waals surface area contributed by atoms with Crippen molar-refractivity contribution < 1.29 is 9.30 Å². The van der Waals surface area contributed by atoms with Crippen molar-refractivity contribution in [3.05, 3.63) is 163 Å². The molecule has 0 aliphatic carbocycles. The summed E-state index contributed by atoms with van der Waals surface area (Å²) < 4.78 is 13.1. The molecule has 0 bridgehead atoms. The number of hydrogen-bond acceptors (Lipinski definition) is 2. The van der Waals surface area contributed by atoms with Crippen molar-refractivity contribution in [3.63, 3.8) is 0 Å². The standard InChI is InChI=1S/C46H42N4O/c1-45(2,3)34-24-25-47-44(27-34)50-41-21-11-10-20-39(41)40-23-22-38(29-42(40)50)51-37-19-13-18-36(28-37)49-31-48(30-43(49)46(4,5)6)35-17-12-16-33(26-35)32-14-8-7-9-15-32/h7-30H,1-6H3. The minimum atomic E-state index is -0.133. The van der Waals surface area contributed by atoms with Crippen molar-refractivity contribution in [1.82, 2.24) is 14.1 Å². The Bertz CT molecular complexity index is 2530. The van der Waals surface area contributed by atoms with Crippen LogP contribution in [0.3, 0.4) is 0 Å². The van der Waals surface area contributed by atoms with Crippen LogP contribution in [0.4, 0.5) is 0 Å². The molecule has 0 radical (unpaired) electrons. The van der Waals surface area contributed by atoms with Gasteiger partial charge < -0.3 is 4.74 Å². The predicted molar refractivity (Wildman–Crippen MR) is 208 cm³/mol. The topological polar surface area (TPSA) is 35.9 Å². The average molecular weight is 667 g/mol. The summed E-state index contributed by atoms with van der Waals surface area (Å²) in [4.78, 5) is 4.84. The van der Waals surface area contributed by atoms with Gasteiger partial charge in [0.1, 0.15) is 17.3 Å². The minimum Gasteiger partial charge on any atom is -0.458 e. The predicted octanol–water partition coefficient (Wildman–Crippen LogP) is 11.1. The number of aromatic nitrogens is 4. The molecular weight excluding hydrogens is 625 g/mol. The van der Waals surface area contributed by atoms with Gasteiger partial charge in [-0.2, -0.15) is 0 Å². The van der Waals surface area contributed by atoms with Crippen LogP contribution in [0, 0.1) is 6.33 Å². The molecule has 0 saturated heterocycles. The van der Waals surface area contributed by atoms with E-state index in [0.717, 1.165) is 50.8 Å². The Morgan fingerprint density at radius 2 is 1.33 bits per heavy atom. The van der Waals surface area contributed by atoms with Crippen LogP contribution in [0.25, 0.3) is 50.1 Å². The summed E-state index contributed by atoms with van der Waals surface area (Å²) in [6, 6.07) is 46.5. The summed E-state index contributed by atoms with van der Waals surface area (Å²) in [5.74, 6) is 2.41. The smallest absolute Gasteiger partial charge is 0.269 e. The van der Waals surface area contributed by atoms with Crippen LogP contribution in [-0.4, -0.2) is 14.1 Å². The number of fused-ring (bicyclic) bond motifs is 3. The van der Waals surface area contributed by atoms with Gasteiger partial charge in [0.2, 0.25) is 0 Å². The van der Waals surface area contributed by atoms with Gasteiger partial charge in [-0.25, -0.2) is 4.98 Å². The second kappa shape index (κ2) is 12.4. The van der Waals surface area contributed by atoms with E-state index in [4.69, 9.17) is 9.72 Å². The number of hydrogen-bond donors (Lipinski definition) is 0. The van der Waals surface area contributed by atoms with Crippen molar-refractivity contribution >= 4 is 21.8 Å². The van der Waals surface area contributed by atoms with Gasteiger partial charge in [0.15, 0.2) is 0 Å². The second-order valence-corrected chi connectivity index (χ2v) is 15.3. The SMILES string of the molecule is CC(C)(C)c1ccnc(-n2c3ccccc3c3ccc(Oc4cccc(-n5[c-][n+](-c6cccc(-c7ccccc7)c6)cc5C(C)(C)C)c4)cc32)c1. The van der Waals surface area contributed by atoms with Crippen LogP contribution in [0.15, 0.2) is 146 Å². The van der Waals surface area contributed by atoms with Crippen molar-refractivity contribution in [2.24, 2.45) is 0 Å². The van der Waals surface area contributed by atoms with Crippen LogP contribution in [0.1, 0.15) is 52.8 Å². The number of pyridine rings is 1. The van der Waals surface area contributed by atoms with Crippen LogP contribution < -0.4 is 9.30 Å². The first-order valence-corrected chi connectivity index (χ1v) is 17.5. The Morgan fingerprint density at radius 1 is 0.608 bits per heavy atom. The molecule has 0 atom stereocenters. The van der Waals surface area contributed by atoms with Crippen LogP contribution in [0.2, 0.25) is 0 Å². The number of imidazole rings is 1. The van der Waals surface area contributed by atoms with Gasteiger partial charge in [-0.15, -0.1) is 0 Å². The fraction of sp³-hybridized carbons (Fsp3) is 0.174. The number of rotatable bonds is 6. The molecule has 8 rings (SSSR count). The van der Waals surface area contributed by atoms with Crippen molar-refractivity contribution in [2.45, 2.75) is 52.4 Å². The van der Waals surface area contributed by atoms with Crippen molar-refractivity contribution in [3.8, 4) is 39.8 Å². The molecule has 0 amide bonds. The zero-order valence-electron chi connectivity index (χ0n) is 30.1. The van der Waals surface area contributed by atoms with E-state index < -0.39 is 0 Å². The molecule has 0 saturated carbocycles. The number of benzene rings is 5. The zero-order valence-corrected chi connectivity index (χ0v) is 30.1. The molecule has 5 aromatic carbocycles. The number of para-hydroxylation sites is 1. The van der Waals surface area contributed by atoms with E-state index in [-0.39, 0.29) is 10.8 Å². The van der Waals surface area contributed by atoms with Crippen LogP contribution in [0.5, 0.6) is 11.5 Å². The second-order valence-electron chi connectivity index (χ2n) is 15.3. The van der Waals surface area contributed by atoms with Crippen LogP contribution in [-0.2, 0) is 10.8 Å². The van der Waals surface area contributed by atoms with Gasteiger partial charge in [-0.1, -0.05) is 108 Å². The monoisotopic (exact) mass is 666 g/mol. The summed E-state index contributed by atoms with van der Waals surface area (Å²) in [7, 11) is 0. The molecule has 0 N–H and O–H groups in total. The fourth-order valence-corrected chi connectivity index (χ4v) is 6.78. The molecule has 0 unspecified atom stereocenters. The van der Waals surface area contributed by atoms with Crippen LogP contribution >= 0.6 is 0 Å². The first-order chi connectivity index (χ1) is 24.5. The lowest BCUT2D eigenvalue weighted by molar-refractivity contribution is -0.599. The summed E-state index contributed by atoms with van der Waals surface area (Å²) >= 11 is 0. The highest BCUT2D eigenvalue weighted by Crippen LogP contribution is 2.36. The van der Waals surface area contributed by atoms with E-state index >= 15 is 0 Å². The van der Waals surface area contributed by atoms with E-state index in [0.29, 0.717) is 0 Å². The molecule has 0 aliphatic rings. The fourth-order valence-electron chi connectivity index (χ4n) is 6.78. The molecule has 0 fully saturated rings. The van der Waals surface area contributed by atoms with Crippen molar-refractivity contribution in [2.75, 3.05) is 0 Å². The number of nitrogens with zero attached hydrogens (tertiary/aromatic N) is 4. The molecule has 252 valence electrons. The third-order valence-electron chi connectivity index (χ3n) is 9.50. The summed E-state index contributed by atoms with van der Waals surface area (Å²) in [6.45, 7) is 13.4. The molecule has 0 spiro atoms. The summed E-state index contributed by atoms with van der Waals surface area (Å²) in [5.41, 5.74) is 8.81. The average Bonchev–Trinajstić information content (AvgIpc) is 3.73. The number of ether oxygens (including phenoxy) is 1. The Balaban J connectivity index is 1.17. The van der Waals surface area contributed by atoms with Crippen molar-refractivity contribution in [1.29, 1.82) is 0 Å². The highest BCUT2D eigenvalue weighted by atomic mass is 16.5. The lowest BCUT2D eigenvalue weighted by Gasteiger charge is -2.21. The van der Waals surface area contributed by atoms with Gasteiger partial charge in [0.25, 0.3) is 6.33 Å². The largest absolute Gasteiger partial charge is 0.458 e. The lowest BCUT2D eigenvalue weighted by Crippen LogP contribution is -2.28. The van der Waals surface area contributed by atoms with Gasteiger partial charge in [-0.05, 0) is 88.2 Å². The normalized spacial score (nSPS) is 12.1. The Morgan fingerprint density at radius 3 is 2.14 bits per heavy atom. The molecule has 5 nitrogen and oxygen atoms in total. The maximum atomic E-state index is 6.63. The molecule has 3 heterocycles. The zero-order chi connectivity index (χ0) is 35.3. The highest BCUT2D eigenvalue weighted by Gasteiger charge is 2.23. The third kappa shape index (κ3) is 6.21. The van der Waals surface area contributed by atoms with Gasteiger partial charge in [0.05, 0.1) is 28.1 Å². The minimum absolute atomic E-state index is 0.00517. The van der Waals surface area contributed by atoms with Gasteiger partial charge in [-0.3, -0.25) is 13.7 Å². The van der Waals surface area contributed by atoms with E-state index in [2.05, 4.69) is 183 Å². The third-order valence-corrected chi connectivity index (χ3v) is 9.50.